The van der Waals surface area contributed by atoms with Crippen molar-refractivity contribution in [1.29, 1.82) is 0 Å². The highest BCUT2D eigenvalue weighted by atomic mass is 32.2. The van der Waals surface area contributed by atoms with Gasteiger partial charge in [0.25, 0.3) is 10.0 Å². The molecular weight excluding hydrogens is 286 g/mol. The minimum absolute atomic E-state index is 0.0147. The molecular formula is C11H19N3O3S2. The molecule has 1 aliphatic rings. The van der Waals surface area contributed by atoms with Crippen molar-refractivity contribution in [2.45, 2.75) is 37.0 Å². The summed E-state index contributed by atoms with van der Waals surface area (Å²) < 4.78 is 32.4. The molecule has 1 aromatic heterocycles. The van der Waals surface area contributed by atoms with Crippen LogP contribution in [0.4, 0.5) is 5.13 Å². The van der Waals surface area contributed by atoms with E-state index in [-0.39, 0.29) is 15.4 Å². The van der Waals surface area contributed by atoms with Crippen molar-refractivity contribution in [2.24, 2.45) is 0 Å². The topological polar surface area (TPSA) is 85.5 Å². The molecule has 2 N–H and O–H groups in total. The number of aryl methyl sites for hydroxylation is 1. The molecule has 1 unspecified atom stereocenters. The first-order valence-electron chi connectivity index (χ1n) is 6.29. The Morgan fingerprint density at radius 1 is 1.58 bits per heavy atom. The summed E-state index contributed by atoms with van der Waals surface area (Å²) in [6.07, 6.45) is 1.71. The Kier molecular flexibility index (Phi) is 4.44. The van der Waals surface area contributed by atoms with E-state index in [1.54, 1.807) is 6.92 Å². The Labute approximate surface area is 117 Å². The Morgan fingerprint density at radius 2 is 2.32 bits per heavy atom. The van der Waals surface area contributed by atoms with Crippen molar-refractivity contribution in [3.63, 3.8) is 0 Å². The molecule has 1 atom stereocenters. The van der Waals surface area contributed by atoms with Gasteiger partial charge in [0.05, 0.1) is 11.8 Å². The lowest BCUT2D eigenvalue weighted by Gasteiger charge is -2.31. The zero-order chi connectivity index (χ0) is 14.0. The maximum atomic E-state index is 12.6. The van der Waals surface area contributed by atoms with E-state index in [9.17, 15) is 8.42 Å². The fourth-order valence-electron chi connectivity index (χ4n) is 2.25. The van der Waals surface area contributed by atoms with Gasteiger partial charge in [-0.2, -0.15) is 4.31 Å². The molecule has 0 spiro atoms. The first-order valence-corrected chi connectivity index (χ1v) is 8.55. The number of thiazole rings is 1. The standard InChI is InChI=1S/C11H19N3O3S2/c1-3-17-9-5-4-6-14(7-9)19(15,16)10-8(2)13-11(12)18-10/h9H,3-7H2,1-2H3,(H2,12,13). The summed E-state index contributed by atoms with van der Waals surface area (Å²) in [4.78, 5) is 3.99. The second kappa shape index (κ2) is 5.74. The zero-order valence-electron chi connectivity index (χ0n) is 11.1. The molecule has 1 fully saturated rings. The Bertz CT molecular complexity index is 539. The molecule has 8 heteroatoms. The Hall–Kier alpha value is -0.700. The number of nitrogen functional groups attached to an aromatic ring is 1. The molecule has 108 valence electrons. The minimum atomic E-state index is -3.49. The van der Waals surface area contributed by atoms with E-state index in [0.29, 0.717) is 25.4 Å². The molecule has 0 saturated carbocycles. The minimum Gasteiger partial charge on any atom is -0.377 e. The smallest absolute Gasteiger partial charge is 0.254 e. The van der Waals surface area contributed by atoms with Crippen LogP contribution in [-0.2, 0) is 14.8 Å². The van der Waals surface area contributed by atoms with Crippen LogP contribution >= 0.6 is 11.3 Å². The molecule has 0 radical (unpaired) electrons. The van der Waals surface area contributed by atoms with Crippen molar-refractivity contribution >= 4 is 26.5 Å². The lowest BCUT2D eigenvalue weighted by Crippen LogP contribution is -2.43. The second-order valence-electron chi connectivity index (χ2n) is 4.51. The van der Waals surface area contributed by atoms with Crippen LogP contribution < -0.4 is 5.73 Å². The molecule has 2 rings (SSSR count). The predicted molar refractivity (Wildman–Crippen MR) is 74.7 cm³/mol. The first kappa shape index (κ1) is 14.7. The SMILES string of the molecule is CCOC1CCCN(S(=O)(=O)c2sc(N)nc2C)C1. The molecule has 1 aliphatic heterocycles. The maximum absolute atomic E-state index is 12.6. The fourth-order valence-corrected chi connectivity index (χ4v) is 5.20. The molecule has 19 heavy (non-hydrogen) atoms. The van der Waals surface area contributed by atoms with Crippen molar-refractivity contribution in [2.75, 3.05) is 25.4 Å². The van der Waals surface area contributed by atoms with Gasteiger partial charge in [-0.1, -0.05) is 11.3 Å². The van der Waals surface area contributed by atoms with Crippen molar-refractivity contribution < 1.29 is 13.2 Å². The number of aromatic nitrogens is 1. The van der Waals surface area contributed by atoms with Crippen LogP contribution in [0.1, 0.15) is 25.5 Å². The van der Waals surface area contributed by atoms with Crippen LogP contribution in [-0.4, -0.2) is 43.5 Å². The summed E-state index contributed by atoms with van der Waals surface area (Å²) in [5.74, 6) is 0. The van der Waals surface area contributed by atoms with Gasteiger partial charge in [-0.15, -0.1) is 0 Å². The predicted octanol–water partition coefficient (Wildman–Crippen LogP) is 1.22. The van der Waals surface area contributed by atoms with Gasteiger partial charge >= 0.3 is 0 Å². The summed E-state index contributed by atoms with van der Waals surface area (Å²) in [5, 5.41) is 0.287. The summed E-state index contributed by atoms with van der Waals surface area (Å²) in [6.45, 7) is 5.13. The molecule has 1 aromatic rings. The summed E-state index contributed by atoms with van der Waals surface area (Å²) in [6, 6.07) is 0. The number of nitrogens with two attached hydrogens (primary N) is 1. The molecule has 1 saturated heterocycles. The molecule has 6 nitrogen and oxygen atoms in total. The van der Waals surface area contributed by atoms with E-state index in [2.05, 4.69) is 4.98 Å². The number of hydrogen-bond acceptors (Lipinski definition) is 6. The summed E-state index contributed by atoms with van der Waals surface area (Å²) in [7, 11) is -3.49. The number of anilines is 1. The molecule has 0 amide bonds. The quantitative estimate of drug-likeness (QED) is 0.904. The van der Waals surface area contributed by atoms with Crippen LogP contribution in [0.2, 0.25) is 0 Å². The van der Waals surface area contributed by atoms with Gasteiger partial charge in [0.1, 0.15) is 0 Å². The Balaban J connectivity index is 2.22. The van der Waals surface area contributed by atoms with Gasteiger partial charge in [0, 0.05) is 19.7 Å². The second-order valence-corrected chi connectivity index (χ2v) is 7.67. The largest absolute Gasteiger partial charge is 0.377 e. The van der Waals surface area contributed by atoms with Crippen molar-refractivity contribution in [1.82, 2.24) is 9.29 Å². The first-order chi connectivity index (χ1) is 8.95. The van der Waals surface area contributed by atoms with Gasteiger partial charge < -0.3 is 10.5 Å². The van der Waals surface area contributed by atoms with Crippen LogP contribution in [0.25, 0.3) is 0 Å². The molecule has 2 heterocycles. The number of hydrogen-bond donors (Lipinski definition) is 1. The van der Waals surface area contributed by atoms with E-state index < -0.39 is 10.0 Å². The third-order valence-electron chi connectivity index (χ3n) is 3.09. The lowest BCUT2D eigenvalue weighted by molar-refractivity contribution is 0.0265. The highest BCUT2D eigenvalue weighted by Gasteiger charge is 2.33. The van der Waals surface area contributed by atoms with Crippen molar-refractivity contribution in [3.05, 3.63) is 5.69 Å². The third kappa shape index (κ3) is 3.07. The van der Waals surface area contributed by atoms with E-state index in [4.69, 9.17) is 10.5 Å². The zero-order valence-corrected chi connectivity index (χ0v) is 12.8. The molecule has 0 bridgehead atoms. The van der Waals surface area contributed by atoms with Crippen LogP contribution in [0.5, 0.6) is 0 Å². The normalized spacial score (nSPS) is 21.7. The number of piperidine rings is 1. The highest BCUT2D eigenvalue weighted by molar-refractivity contribution is 7.91. The summed E-state index contributed by atoms with van der Waals surface area (Å²) in [5.41, 5.74) is 6.05. The van der Waals surface area contributed by atoms with Crippen LogP contribution in [0, 0.1) is 6.92 Å². The number of sulfonamides is 1. The summed E-state index contributed by atoms with van der Waals surface area (Å²) >= 11 is 1.03. The molecule has 0 aliphatic carbocycles. The third-order valence-corrected chi connectivity index (χ3v) is 6.53. The van der Waals surface area contributed by atoms with Gasteiger partial charge in [-0.05, 0) is 26.7 Å². The monoisotopic (exact) mass is 305 g/mol. The fraction of sp³-hybridized carbons (Fsp3) is 0.727. The van der Waals surface area contributed by atoms with E-state index in [1.807, 2.05) is 6.92 Å². The lowest BCUT2D eigenvalue weighted by atomic mass is 10.1. The highest BCUT2D eigenvalue weighted by Crippen LogP contribution is 2.29. The van der Waals surface area contributed by atoms with Crippen molar-refractivity contribution in [3.8, 4) is 0 Å². The van der Waals surface area contributed by atoms with E-state index in [1.165, 1.54) is 4.31 Å². The molecule has 0 aromatic carbocycles. The van der Waals surface area contributed by atoms with Crippen LogP contribution in [0.3, 0.4) is 0 Å². The van der Waals surface area contributed by atoms with E-state index in [0.717, 1.165) is 24.2 Å². The number of ether oxygens (including phenoxy) is 1. The van der Waals surface area contributed by atoms with Crippen LogP contribution in [0.15, 0.2) is 4.21 Å². The van der Waals surface area contributed by atoms with Gasteiger partial charge in [-0.3, -0.25) is 0 Å². The van der Waals surface area contributed by atoms with E-state index >= 15 is 0 Å². The maximum Gasteiger partial charge on any atom is 0.254 e. The van der Waals surface area contributed by atoms with Gasteiger partial charge in [0.2, 0.25) is 0 Å². The average Bonchev–Trinajstić information content (AvgIpc) is 2.70. The Morgan fingerprint density at radius 3 is 2.89 bits per heavy atom. The average molecular weight is 305 g/mol. The number of nitrogens with zero attached hydrogens (tertiary/aromatic N) is 2. The van der Waals surface area contributed by atoms with Gasteiger partial charge in [-0.25, -0.2) is 13.4 Å². The van der Waals surface area contributed by atoms with Gasteiger partial charge in [0.15, 0.2) is 9.34 Å². The number of rotatable bonds is 4.